The van der Waals surface area contributed by atoms with Gasteiger partial charge in [0.15, 0.2) is 0 Å². The van der Waals surface area contributed by atoms with E-state index in [0.29, 0.717) is 17.9 Å². The first-order valence-electron chi connectivity index (χ1n) is 4.47. The predicted octanol–water partition coefficient (Wildman–Crippen LogP) is 1.24. The van der Waals surface area contributed by atoms with Crippen LogP contribution >= 0.6 is 0 Å². The summed E-state index contributed by atoms with van der Waals surface area (Å²) in [6.45, 7) is 2.32. The van der Waals surface area contributed by atoms with E-state index in [9.17, 15) is 4.79 Å². The number of rotatable bonds is 4. The number of carbonyl (C=O) groups excluding carboxylic acids is 1. The molecule has 0 aromatic carbocycles. The third-order valence-electron chi connectivity index (χ3n) is 1.59. The van der Waals surface area contributed by atoms with E-state index in [1.807, 2.05) is 6.92 Å². The fraction of sp³-hybridized carbons (Fsp3) is 0.300. The van der Waals surface area contributed by atoms with Crippen LogP contribution in [0.25, 0.3) is 0 Å². The highest BCUT2D eigenvalue weighted by Crippen LogP contribution is 2.01. The standard InChI is InChI=1S/C10H12N2O3/c1-3-15-12-7-9-6-8(4-5-11-9)10(13)14-2/h4-7H,3H2,1-2H3. The topological polar surface area (TPSA) is 60.8 Å². The van der Waals surface area contributed by atoms with Crippen LogP contribution in [0.5, 0.6) is 0 Å². The monoisotopic (exact) mass is 208 g/mol. The van der Waals surface area contributed by atoms with Crippen molar-refractivity contribution in [2.75, 3.05) is 13.7 Å². The summed E-state index contributed by atoms with van der Waals surface area (Å²) in [6.07, 6.45) is 2.95. The highest BCUT2D eigenvalue weighted by molar-refractivity contribution is 5.91. The summed E-state index contributed by atoms with van der Waals surface area (Å²) in [5.41, 5.74) is 0.983. The quantitative estimate of drug-likeness (QED) is 0.424. The van der Waals surface area contributed by atoms with E-state index in [-0.39, 0.29) is 0 Å². The van der Waals surface area contributed by atoms with Gasteiger partial charge in [0.05, 0.1) is 24.6 Å². The van der Waals surface area contributed by atoms with Crippen LogP contribution in [-0.2, 0) is 9.57 Å². The van der Waals surface area contributed by atoms with Gasteiger partial charge >= 0.3 is 5.97 Å². The van der Waals surface area contributed by atoms with Crippen LogP contribution in [0.15, 0.2) is 23.5 Å². The summed E-state index contributed by atoms with van der Waals surface area (Å²) >= 11 is 0. The number of pyridine rings is 1. The maximum absolute atomic E-state index is 11.2. The maximum Gasteiger partial charge on any atom is 0.337 e. The van der Waals surface area contributed by atoms with Crippen LogP contribution in [-0.4, -0.2) is 30.9 Å². The average molecular weight is 208 g/mol. The molecule has 0 saturated carbocycles. The molecule has 0 N–H and O–H groups in total. The van der Waals surface area contributed by atoms with Crippen molar-refractivity contribution in [1.82, 2.24) is 4.98 Å². The molecular weight excluding hydrogens is 196 g/mol. The SMILES string of the molecule is CCON=Cc1cc(C(=O)OC)ccn1. The Hall–Kier alpha value is -1.91. The first-order chi connectivity index (χ1) is 7.27. The minimum atomic E-state index is -0.400. The highest BCUT2D eigenvalue weighted by Gasteiger charge is 2.04. The van der Waals surface area contributed by atoms with Crippen LogP contribution in [0.4, 0.5) is 0 Å². The fourth-order valence-electron chi connectivity index (χ4n) is 0.930. The lowest BCUT2D eigenvalue weighted by molar-refractivity contribution is 0.0600. The summed E-state index contributed by atoms with van der Waals surface area (Å²) in [5.74, 6) is -0.400. The molecule has 80 valence electrons. The molecule has 1 rings (SSSR count). The molecule has 0 saturated heterocycles. The third-order valence-corrected chi connectivity index (χ3v) is 1.59. The molecular formula is C10H12N2O3. The Morgan fingerprint density at radius 3 is 3.13 bits per heavy atom. The molecule has 0 aliphatic rings. The predicted molar refractivity (Wildman–Crippen MR) is 54.8 cm³/mol. The third kappa shape index (κ3) is 3.38. The number of ether oxygens (including phenoxy) is 1. The van der Waals surface area contributed by atoms with E-state index in [1.165, 1.54) is 19.5 Å². The zero-order chi connectivity index (χ0) is 11.1. The molecule has 0 fully saturated rings. The van der Waals surface area contributed by atoms with E-state index in [4.69, 9.17) is 4.84 Å². The van der Waals surface area contributed by atoms with E-state index in [1.54, 1.807) is 12.1 Å². The molecule has 5 heteroatoms. The number of hydrogen-bond acceptors (Lipinski definition) is 5. The number of carbonyl (C=O) groups is 1. The van der Waals surface area contributed by atoms with Crippen LogP contribution < -0.4 is 0 Å². The number of methoxy groups -OCH3 is 1. The molecule has 0 aliphatic carbocycles. The first-order valence-corrected chi connectivity index (χ1v) is 4.47. The molecule has 1 aromatic heterocycles. The van der Waals surface area contributed by atoms with Gasteiger partial charge in [-0.1, -0.05) is 5.16 Å². The molecule has 0 spiro atoms. The molecule has 1 heterocycles. The largest absolute Gasteiger partial charge is 0.465 e. The van der Waals surface area contributed by atoms with Crippen molar-refractivity contribution < 1.29 is 14.4 Å². The molecule has 0 aliphatic heterocycles. The van der Waals surface area contributed by atoms with Crippen molar-refractivity contribution in [2.45, 2.75) is 6.92 Å². The smallest absolute Gasteiger partial charge is 0.337 e. The van der Waals surface area contributed by atoms with E-state index >= 15 is 0 Å². The Bertz CT molecular complexity index is 363. The summed E-state index contributed by atoms with van der Waals surface area (Å²) in [5, 5.41) is 3.65. The van der Waals surface area contributed by atoms with Crippen molar-refractivity contribution >= 4 is 12.2 Å². The Morgan fingerprint density at radius 1 is 1.67 bits per heavy atom. The highest BCUT2D eigenvalue weighted by atomic mass is 16.6. The van der Waals surface area contributed by atoms with E-state index < -0.39 is 5.97 Å². The van der Waals surface area contributed by atoms with Gasteiger partial charge < -0.3 is 9.57 Å². The minimum absolute atomic E-state index is 0.400. The number of hydrogen-bond donors (Lipinski definition) is 0. The number of oxime groups is 1. The summed E-state index contributed by atoms with van der Waals surface area (Å²) < 4.78 is 4.57. The van der Waals surface area contributed by atoms with Gasteiger partial charge in [-0.25, -0.2) is 4.79 Å². The van der Waals surface area contributed by atoms with Crippen molar-refractivity contribution in [3.63, 3.8) is 0 Å². The number of nitrogens with zero attached hydrogens (tertiary/aromatic N) is 2. The van der Waals surface area contributed by atoms with Crippen LogP contribution in [0.1, 0.15) is 23.0 Å². The molecule has 0 bridgehead atoms. The normalized spacial score (nSPS) is 10.3. The Labute approximate surface area is 87.7 Å². The first kappa shape index (κ1) is 11.2. The molecule has 0 amide bonds. The van der Waals surface area contributed by atoms with Crippen molar-refractivity contribution in [3.05, 3.63) is 29.6 Å². The lowest BCUT2D eigenvalue weighted by Crippen LogP contribution is -2.02. The van der Waals surface area contributed by atoms with Crippen molar-refractivity contribution in [1.29, 1.82) is 0 Å². The second-order valence-electron chi connectivity index (χ2n) is 2.61. The Kier molecular flexibility index (Phi) is 4.28. The zero-order valence-corrected chi connectivity index (χ0v) is 8.64. The molecule has 0 unspecified atom stereocenters. The van der Waals surface area contributed by atoms with Crippen LogP contribution in [0.3, 0.4) is 0 Å². The van der Waals surface area contributed by atoms with Gasteiger partial charge in [-0.3, -0.25) is 4.98 Å². The molecule has 15 heavy (non-hydrogen) atoms. The lowest BCUT2D eigenvalue weighted by atomic mass is 10.2. The summed E-state index contributed by atoms with van der Waals surface area (Å²) in [7, 11) is 1.33. The molecule has 0 radical (unpaired) electrons. The number of aromatic nitrogens is 1. The van der Waals surface area contributed by atoms with Crippen molar-refractivity contribution in [2.24, 2.45) is 5.16 Å². The van der Waals surface area contributed by atoms with Gasteiger partial charge in [0.1, 0.15) is 6.61 Å². The van der Waals surface area contributed by atoms with Gasteiger partial charge in [-0.15, -0.1) is 0 Å². The Balaban J connectivity index is 2.78. The Morgan fingerprint density at radius 2 is 2.47 bits per heavy atom. The molecule has 0 atom stereocenters. The summed E-state index contributed by atoms with van der Waals surface area (Å²) in [4.78, 5) is 19.9. The van der Waals surface area contributed by atoms with Crippen molar-refractivity contribution in [3.8, 4) is 0 Å². The summed E-state index contributed by atoms with van der Waals surface area (Å²) in [6, 6.07) is 3.15. The van der Waals surface area contributed by atoms with Gasteiger partial charge in [0.25, 0.3) is 0 Å². The number of esters is 1. The van der Waals surface area contributed by atoms with Crippen LogP contribution in [0.2, 0.25) is 0 Å². The molecule has 1 aromatic rings. The zero-order valence-electron chi connectivity index (χ0n) is 8.64. The van der Waals surface area contributed by atoms with Gasteiger partial charge in [-0.2, -0.15) is 0 Å². The second kappa shape index (κ2) is 5.74. The fourth-order valence-corrected chi connectivity index (χ4v) is 0.930. The average Bonchev–Trinajstić information content (AvgIpc) is 2.29. The van der Waals surface area contributed by atoms with Gasteiger partial charge in [0, 0.05) is 6.20 Å². The maximum atomic E-state index is 11.2. The van der Waals surface area contributed by atoms with E-state index in [0.717, 1.165) is 0 Å². The lowest BCUT2D eigenvalue weighted by Gasteiger charge is -1.98. The minimum Gasteiger partial charge on any atom is -0.465 e. The van der Waals surface area contributed by atoms with Crippen LogP contribution in [0, 0.1) is 0 Å². The molecule has 5 nitrogen and oxygen atoms in total. The van der Waals surface area contributed by atoms with Gasteiger partial charge in [-0.05, 0) is 19.1 Å². The van der Waals surface area contributed by atoms with E-state index in [2.05, 4.69) is 14.9 Å². The second-order valence-corrected chi connectivity index (χ2v) is 2.61. The van der Waals surface area contributed by atoms with Gasteiger partial charge in [0.2, 0.25) is 0 Å².